The fourth-order valence-electron chi connectivity index (χ4n) is 9.54. The molecule has 43 heavy (non-hydrogen) atoms. The highest BCUT2D eigenvalue weighted by Gasteiger charge is 2.61. The molecule has 0 aromatic heterocycles. The Kier molecular flexibility index (Phi) is 10.0. The molecule has 0 aromatic carbocycles. The molecule has 0 aliphatic heterocycles. The van der Waals surface area contributed by atoms with Crippen LogP contribution in [0.5, 0.6) is 0 Å². The van der Waals surface area contributed by atoms with Gasteiger partial charge in [0.05, 0.1) is 12.0 Å². The van der Waals surface area contributed by atoms with E-state index in [2.05, 4.69) is 67.6 Å². The van der Waals surface area contributed by atoms with Gasteiger partial charge in [0.2, 0.25) is 0 Å². The molecular formula is C38H66O4Si. The zero-order valence-electron chi connectivity index (χ0n) is 30.0. The molecule has 4 nitrogen and oxygen atoms in total. The molecule has 0 bridgehead atoms. The van der Waals surface area contributed by atoms with Crippen molar-refractivity contribution in [1.82, 2.24) is 0 Å². The molecule has 4 rings (SSSR count). The molecule has 5 heteroatoms. The Bertz CT molecular complexity index is 1060. The Morgan fingerprint density at radius 3 is 2.28 bits per heavy atom. The molecule has 0 heterocycles. The van der Waals surface area contributed by atoms with Crippen LogP contribution < -0.4 is 0 Å². The molecular weight excluding hydrogens is 549 g/mol. The number of esters is 1. The Labute approximate surface area is 266 Å². The molecule has 9 atom stereocenters. The lowest BCUT2D eigenvalue weighted by atomic mass is 9.46. The third-order valence-corrected chi connectivity index (χ3v) is 17.9. The first-order valence-corrected chi connectivity index (χ1v) is 20.7. The molecule has 0 radical (unpaired) electrons. The van der Waals surface area contributed by atoms with Gasteiger partial charge in [-0.1, -0.05) is 66.9 Å². The number of carbonyl (C=O) groups is 2. The van der Waals surface area contributed by atoms with E-state index in [0.29, 0.717) is 42.0 Å². The number of allylic oxidation sites excluding steroid dienone is 1. The van der Waals surface area contributed by atoms with Crippen LogP contribution in [0.3, 0.4) is 0 Å². The van der Waals surface area contributed by atoms with Crippen molar-refractivity contribution in [2.45, 2.75) is 158 Å². The maximum atomic E-state index is 14.0. The van der Waals surface area contributed by atoms with Crippen LogP contribution in [0.1, 0.15) is 133 Å². The fourth-order valence-corrected chi connectivity index (χ4v) is 10.9. The lowest BCUT2D eigenvalue weighted by molar-refractivity contribution is -0.154. The second kappa shape index (κ2) is 12.3. The van der Waals surface area contributed by atoms with Gasteiger partial charge in [0.1, 0.15) is 0 Å². The van der Waals surface area contributed by atoms with Crippen LogP contribution in [0.15, 0.2) is 11.6 Å². The molecule has 4 aliphatic carbocycles. The minimum absolute atomic E-state index is 0.103. The van der Waals surface area contributed by atoms with Gasteiger partial charge in [0.15, 0.2) is 14.1 Å². The van der Waals surface area contributed by atoms with Crippen molar-refractivity contribution in [2.24, 2.45) is 51.8 Å². The second-order valence-electron chi connectivity index (χ2n) is 18.6. The van der Waals surface area contributed by atoms with E-state index in [-0.39, 0.29) is 33.9 Å². The molecule has 0 spiro atoms. The minimum atomic E-state index is -1.83. The summed E-state index contributed by atoms with van der Waals surface area (Å²) in [5.74, 6) is 3.33. The van der Waals surface area contributed by atoms with Gasteiger partial charge in [-0.25, -0.2) is 0 Å². The zero-order chi connectivity index (χ0) is 32.2. The summed E-state index contributed by atoms with van der Waals surface area (Å²) in [4.78, 5) is 26.2. The van der Waals surface area contributed by atoms with Gasteiger partial charge in [-0.15, -0.1) is 0 Å². The van der Waals surface area contributed by atoms with Crippen molar-refractivity contribution in [2.75, 3.05) is 6.61 Å². The molecule has 0 N–H and O–H groups in total. The van der Waals surface area contributed by atoms with Crippen molar-refractivity contribution in [3.05, 3.63) is 11.6 Å². The van der Waals surface area contributed by atoms with Crippen molar-refractivity contribution in [3.63, 3.8) is 0 Å². The van der Waals surface area contributed by atoms with Crippen molar-refractivity contribution < 1.29 is 18.8 Å². The van der Waals surface area contributed by atoms with E-state index in [4.69, 9.17) is 9.16 Å². The quantitative estimate of drug-likeness (QED) is 0.192. The first-order valence-electron chi connectivity index (χ1n) is 17.8. The fraction of sp³-hybridized carbons (Fsp3) is 0.895. The molecule has 0 amide bonds. The van der Waals surface area contributed by atoms with Crippen molar-refractivity contribution in [3.8, 4) is 0 Å². The third-order valence-electron chi connectivity index (χ3n) is 13.4. The molecule has 246 valence electrons. The number of carbonyl (C=O) groups excluding carboxylic acids is 2. The molecule has 0 aromatic rings. The minimum Gasteiger partial charge on any atom is -0.465 e. The lowest BCUT2D eigenvalue weighted by Crippen LogP contribution is -2.54. The van der Waals surface area contributed by atoms with Gasteiger partial charge in [0, 0.05) is 12.0 Å². The summed E-state index contributed by atoms with van der Waals surface area (Å²) in [6.07, 6.45) is 14.1. The van der Waals surface area contributed by atoms with Crippen LogP contribution in [0, 0.1) is 51.8 Å². The van der Waals surface area contributed by atoms with Crippen LogP contribution in [0.4, 0.5) is 0 Å². The van der Waals surface area contributed by atoms with E-state index in [9.17, 15) is 9.59 Å². The zero-order valence-corrected chi connectivity index (χ0v) is 31.0. The van der Waals surface area contributed by atoms with Gasteiger partial charge in [-0.05, 0) is 137 Å². The number of ether oxygens (including phenoxy) is 1. The summed E-state index contributed by atoms with van der Waals surface area (Å²) in [6, 6.07) is 0. The van der Waals surface area contributed by atoms with Gasteiger partial charge in [-0.2, -0.15) is 0 Å². The predicted octanol–water partition coefficient (Wildman–Crippen LogP) is 10.2. The average molecular weight is 615 g/mol. The summed E-state index contributed by atoms with van der Waals surface area (Å²) in [5, 5.41) is 0.207. The van der Waals surface area contributed by atoms with E-state index in [0.717, 1.165) is 19.3 Å². The van der Waals surface area contributed by atoms with Crippen LogP contribution in [0.25, 0.3) is 0 Å². The van der Waals surface area contributed by atoms with Gasteiger partial charge >= 0.3 is 5.97 Å². The summed E-state index contributed by atoms with van der Waals surface area (Å²) >= 11 is 0. The van der Waals surface area contributed by atoms with E-state index >= 15 is 0 Å². The van der Waals surface area contributed by atoms with E-state index < -0.39 is 13.7 Å². The Balaban J connectivity index is 1.37. The highest BCUT2D eigenvalue weighted by molar-refractivity contribution is 6.74. The Morgan fingerprint density at radius 1 is 0.977 bits per heavy atom. The first-order chi connectivity index (χ1) is 19.7. The lowest BCUT2D eigenvalue weighted by Gasteiger charge is -2.58. The number of rotatable bonds is 9. The third kappa shape index (κ3) is 6.93. The van der Waals surface area contributed by atoms with Crippen molar-refractivity contribution >= 4 is 20.1 Å². The van der Waals surface area contributed by atoms with E-state index in [1.54, 1.807) is 0 Å². The van der Waals surface area contributed by atoms with Gasteiger partial charge in [0.25, 0.3) is 0 Å². The second-order valence-corrected chi connectivity index (χ2v) is 23.3. The largest absolute Gasteiger partial charge is 0.465 e. The number of fused-ring (bicyclic) bond motifs is 5. The molecule has 3 saturated carbocycles. The predicted molar refractivity (Wildman–Crippen MR) is 180 cm³/mol. The number of ketones is 1. The summed E-state index contributed by atoms with van der Waals surface area (Å²) in [5.41, 5.74) is 1.40. The molecule has 3 fully saturated rings. The average Bonchev–Trinajstić information content (AvgIpc) is 3.24. The summed E-state index contributed by atoms with van der Waals surface area (Å²) in [7, 11) is -1.83. The molecule has 4 aliphatic rings. The number of hydrogen-bond donors (Lipinski definition) is 0. The van der Waals surface area contributed by atoms with Crippen LogP contribution in [-0.2, 0) is 18.8 Å². The standard InChI is InChI=1S/C38H66O4Si/c1-25(24-41-34(40)35(3,4)5)14-13-15-26(2)29-16-17-30-33-31(19-21-38(29,30)10)37(9)20-18-28(22-27(37)23-32(33)39)42-43(11,12)36(6,7)8/h23,25-26,28-31,33H,13-22,24H2,1-12H3/t25-,26+,28-,29+,30-,31-,33-,37-,38+/m0/s1. The Hall–Kier alpha value is -0.943. The smallest absolute Gasteiger partial charge is 0.311 e. The number of hydrogen-bond acceptors (Lipinski definition) is 4. The molecule has 0 unspecified atom stereocenters. The van der Waals surface area contributed by atoms with Crippen LogP contribution in [0.2, 0.25) is 18.1 Å². The SMILES string of the molecule is C[C@@H](CCC[C@@H](C)[C@H]1CC[C@H]2[C@@H]3C(=O)C=C4C[C@@H](O[Si](C)(C)C(C)(C)C)CC[C@]4(C)[C@H]3CC[C@]12C)COC(=O)C(C)(C)C. The highest BCUT2D eigenvalue weighted by Crippen LogP contribution is 2.67. The maximum absolute atomic E-state index is 14.0. The normalized spacial score (nSPS) is 36.2. The van der Waals surface area contributed by atoms with Crippen LogP contribution in [-0.4, -0.2) is 32.8 Å². The molecule has 0 saturated heterocycles. The maximum Gasteiger partial charge on any atom is 0.311 e. The monoisotopic (exact) mass is 614 g/mol. The van der Waals surface area contributed by atoms with Gasteiger partial charge in [-0.3, -0.25) is 9.59 Å². The van der Waals surface area contributed by atoms with E-state index in [1.165, 1.54) is 50.5 Å². The van der Waals surface area contributed by atoms with Crippen LogP contribution >= 0.6 is 0 Å². The summed E-state index contributed by atoms with van der Waals surface area (Å²) in [6.45, 7) is 27.7. The summed E-state index contributed by atoms with van der Waals surface area (Å²) < 4.78 is 12.5. The Morgan fingerprint density at radius 2 is 1.65 bits per heavy atom. The highest BCUT2D eigenvalue weighted by atomic mass is 28.4. The van der Waals surface area contributed by atoms with Crippen molar-refractivity contribution in [1.29, 1.82) is 0 Å². The topological polar surface area (TPSA) is 52.6 Å². The van der Waals surface area contributed by atoms with Gasteiger partial charge < -0.3 is 9.16 Å². The van der Waals surface area contributed by atoms with E-state index in [1.807, 2.05) is 20.8 Å². The first kappa shape index (κ1) is 34.9.